The third kappa shape index (κ3) is 6.81. The summed E-state index contributed by atoms with van der Waals surface area (Å²) in [7, 11) is 3.35. The molecule has 6 atom stereocenters. The van der Waals surface area contributed by atoms with E-state index in [1.165, 1.54) is 11.6 Å². The predicted molar refractivity (Wildman–Crippen MR) is 244 cm³/mol. The first kappa shape index (κ1) is 41.2. The third-order valence-electron chi connectivity index (χ3n) is 13.5. The molecule has 10 rings (SSSR count). The Morgan fingerprint density at radius 1 is 0.887 bits per heavy atom. The van der Waals surface area contributed by atoms with E-state index in [1.54, 1.807) is 51.9 Å². The molecule has 0 amide bonds. The maximum absolute atomic E-state index is 14.9. The molecule has 2 aliphatic carbocycles. The Morgan fingerprint density at radius 2 is 1.71 bits per heavy atom. The number of phenolic OH excluding ortho intramolecular Hbond substituents is 3. The standard InChI is InChI=1S/C50H50O10S2/c1-23(2)15-27-18-29(19-28(44(27)55)16-24-5-3-6-30(52)17-24)48-47(58)46(57)43-38(60-48)22-36(54)41-33-20-32-25(12-13-51)8-9-26-10-11-31-42(39(26)32)40(33)34-21-37(59-49(41)43)35(53)7-4-14-61-62-50(31)45(34)56/h3,5-6,10-11,17-20,22-23,25,34-35,37,45,50-56,58H,4,7-9,12-16,21H2,1-2H3/t25-,34+,35-,37-,45-,50-/m1/s1. The van der Waals surface area contributed by atoms with Crippen LogP contribution in [0.5, 0.6) is 28.7 Å². The number of aromatic hydroxyl groups is 4. The number of hydrogen-bond donors (Lipinski definition) is 7. The van der Waals surface area contributed by atoms with Gasteiger partial charge >= 0.3 is 0 Å². The van der Waals surface area contributed by atoms with Gasteiger partial charge in [0.1, 0.15) is 40.1 Å². The normalized spacial score (nSPS) is 22.9. The van der Waals surface area contributed by atoms with E-state index in [1.807, 2.05) is 26.0 Å². The van der Waals surface area contributed by atoms with Crippen LogP contribution in [0.4, 0.5) is 0 Å². The zero-order chi connectivity index (χ0) is 43.1. The van der Waals surface area contributed by atoms with Crippen molar-refractivity contribution in [3.8, 4) is 51.2 Å². The van der Waals surface area contributed by atoms with Crippen LogP contribution in [0.2, 0.25) is 0 Å². The monoisotopic (exact) mass is 874 g/mol. The molecule has 4 aliphatic rings. The summed E-state index contributed by atoms with van der Waals surface area (Å²) in [5.41, 5.74) is 6.23. The molecule has 1 saturated heterocycles. The van der Waals surface area contributed by atoms with Crippen molar-refractivity contribution < 1.29 is 44.9 Å². The molecule has 10 nitrogen and oxygen atoms in total. The minimum atomic E-state index is -0.979. The van der Waals surface area contributed by atoms with Gasteiger partial charge in [-0.25, -0.2) is 0 Å². The lowest BCUT2D eigenvalue weighted by Crippen LogP contribution is -2.39. The number of phenols is 3. The highest BCUT2D eigenvalue weighted by atomic mass is 33.1. The molecule has 5 aromatic carbocycles. The molecule has 1 aromatic heterocycles. The molecule has 1 fully saturated rings. The van der Waals surface area contributed by atoms with Crippen LogP contribution in [0.3, 0.4) is 0 Å². The second-order valence-corrected chi connectivity index (χ2v) is 20.6. The lowest BCUT2D eigenvalue weighted by Gasteiger charge is -2.42. The first-order chi connectivity index (χ1) is 29.9. The second kappa shape index (κ2) is 16.1. The molecule has 0 unspecified atom stereocenters. The number of ether oxygens (including phenoxy) is 1. The van der Waals surface area contributed by atoms with Gasteiger partial charge in [0.2, 0.25) is 11.2 Å². The van der Waals surface area contributed by atoms with Crippen molar-refractivity contribution in [2.75, 3.05) is 12.4 Å². The molecular weight excluding hydrogens is 825 g/mol. The lowest BCUT2D eigenvalue weighted by molar-refractivity contribution is 0.00975. The van der Waals surface area contributed by atoms with E-state index in [-0.39, 0.29) is 81.8 Å². The molecule has 3 bridgehead atoms. The van der Waals surface area contributed by atoms with E-state index < -0.39 is 35.4 Å². The van der Waals surface area contributed by atoms with Crippen molar-refractivity contribution in [1.82, 2.24) is 0 Å². The number of aryl methyl sites for hydroxylation is 1. The maximum atomic E-state index is 14.9. The molecule has 62 heavy (non-hydrogen) atoms. The van der Waals surface area contributed by atoms with E-state index >= 15 is 0 Å². The van der Waals surface area contributed by atoms with E-state index in [0.717, 1.165) is 51.6 Å². The Kier molecular flexibility index (Phi) is 10.7. The lowest BCUT2D eigenvalue weighted by atomic mass is 9.68. The predicted octanol–water partition coefficient (Wildman–Crippen LogP) is 9.49. The van der Waals surface area contributed by atoms with Gasteiger partial charge in [-0.15, -0.1) is 0 Å². The molecule has 0 radical (unpaired) electrons. The van der Waals surface area contributed by atoms with Crippen molar-refractivity contribution in [2.45, 2.75) is 101 Å². The van der Waals surface area contributed by atoms with Crippen molar-refractivity contribution in [1.29, 1.82) is 0 Å². The Morgan fingerprint density at radius 3 is 2.50 bits per heavy atom. The van der Waals surface area contributed by atoms with Crippen LogP contribution >= 0.6 is 21.6 Å². The quantitative estimate of drug-likeness (QED) is 0.0757. The average molecular weight is 875 g/mol. The van der Waals surface area contributed by atoms with Crippen molar-refractivity contribution >= 4 is 43.3 Å². The fourth-order valence-corrected chi connectivity index (χ4v) is 13.5. The number of aliphatic hydroxyl groups excluding tert-OH is 3. The number of rotatable bonds is 7. The molecule has 12 heteroatoms. The molecule has 322 valence electrons. The van der Waals surface area contributed by atoms with E-state index in [2.05, 4.69) is 12.1 Å². The van der Waals surface area contributed by atoms with E-state index in [4.69, 9.17) is 9.15 Å². The second-order valence-electron chi connectivity index (χ2n) is 17.9. The third-order valence-corrected chi connectivity index (χ3v) is 16.3. The van der Waals surface area contributed by atoms with E-state index in [0.29, 0.717) is 47.9 Å². The van der Waals surface area contributed by atoms with Gasteiger partial charge in [-0.3, -0.25) is 4.79 Å². The Balaban J connectivity index is 1.25. The van der Waals surface area contributed by atoms with Gasteiger partial charge in [-0.05, 0) is 142 Å². The number of benzene rings is 5. The summed E-state index contributed by atoms with van der Waals surface area (Å²) < 4.78 is 13.3. The van der Waals surface area contributed by atoms with Gasteiger partial charge in [0.25, 0.3) is 0 Å². The topological polar surface area (TPSA) is 181 Å². The van der Waals surface area contributed by atoms with Gasteiger partial charge in [-0.1, -0.05) is 59.7 Å². The van der Waals surface area contributed by atoms with Crippen LogP contribution in [0.1, 0.15) is 102 Å². The minimum absolute atomic E-state index is 0.00384. The molecule has 6 aromatic rings. The number of fused-ring (bicyclic) bond motifs is 7. The fraction of sp³-hybridized carbons (Fsp3) is 0.380. The van der Waals surface area contributed by atoms with Crippen LogP contribution in [0, 0.1) is 5.92 Å². The highest BCUT2D eigenvalue weighted by Crippen LogP contribution is 2.60. The summed E-state index contributed by atoms with van der Waals surface area (Å²) in [5, 5.41) is 82.3. The Bertz CT molecular complexity index is 2830. The average Bonchev–Trinajstić information content (AvgIpc) is 3.24. The van der Waals surface area contributed by atoms with Gasteiger partial charge < -0.3 is 44.9 Å². The van der Waals surface area contributed by atoms with Crippen LogP contribution in [0.25, 0.3) is 44.2 Å². The van der Waals surface area contributed by atoms with Crippen LogP contribution in [0.15, 0.2) is 69.9 Å². The maximum Gasteiger partial charge on any atom is 0.238 e. The smallest absolute Gasteiger partial charge is 0.238 e. The molecule has 0 spiro atoms. The minimum Gasteiger partial charge on any atom is -0.508 e. The number of aliphatic hydroxyl groups is 3. The summed E-state index contributed by atoms with van der Waals surface area (Å²) in [5.74, 6) is -0.505. The molecule has 2 aliphatic heterocycles. The largest absolute Gasteiger partial charge is 0.508 e. The molecule has 3 heterocycles. The first-order valence-electron chi connectivity index (χ1n) is 21.6. The molecule has 0 saturated carbocycles. The van der Waals surface area contributed by atoms with Gasteiger partial charge in [0, 0.05) is 36.3 Å². The highest BCUT2D eigenvalue weighted by molar-refractivity contribution is 8.76. The molecule has 7 N–H and O–H groups in total. The first-order valence-corrected chi connectivity index (χ1v) is 24.0. The zero-order valence-corrected chi connectivity index (χ0v) is 36.2. The van der Waals surface area contributed by atoms with Gasteiger partial charge in [-0.2, -0.15) is 0 Å². The highest BCUT2D eigenvalue weighted by Gasteiger charge is 2.46. The van der Waals surface area contributed by atoms with Crippen LogP contribution in [-0.4, -0.2) is 66.4 Å². The SMILES string of the molecule is CC(C)Cc1cc(-c2oc3cc(O)c4c(c3c(=O)c2O)O[C@@H]2C[C@H]3c5c-4cc4c6c(ccc(c56)[C@@H](SSCCC[C@H]2O)[C@@H]3O)CC[C@@H]4CCO)cc(Cc2cccc(O)c2)c1O. The molecular formula is C50H50O10S2. The Hall–Kier alpha value is -4.85. The van der Waals surface area contributed by atoms with Gasteiger partial charge in [0.15, 0.2) is 5.76 Å². The number of hydrogen-bond acceptors (Lipinski definition) is 12. The summed E-state index contributed by atoms with van der Waals surface area (Å²) in [6, 6.07) is 17.8. The van der Waals surface area contributed by atoms with Crippen molar-refractivity contribution in [2.24, 2.45) is 5.92 Å². The van der Waals surface area contributed by atoms with Crippen molar-refractivity contribution in [3.05, 3.63) is 110 Å². The fourth-order valence-electron chi connectivity index (χ4n) is 10.7. The van der Waals surface area contributed by atoms with Gasteiger partial charge in [0.05, 0.1) is 23.0 Å². The van der Waals surface area contributed by atoms with Crippen molar-refractivity contribution in [3.63, 3.8) is 0 Å². The van der Waals surface area contributed by atoms with Crippen LogP contribution in [-0.2, 0) is 19.3 Å². The van der Waals surface area contributed by atoms with Crippen LogP contribution < -0.4 is 10.2 Å². The summed E-state index contributed by atoms with van der Waals surface area (Å²) >= 11 is 0. The summed E-state index contributed by atoms with van der Waals surface area (Å²) in [6.45, 7) is 4.05. The summed E-state index contributed by atoms with van der Waals surface area (Å²) in [6.07, 6.45) is 1.55. The summed E-state index contributed by atoms with van der Waals surface area (Å²) in [4.78, 5) is 14.9. The Labute approximate surface area is 366 Å². The zero-order valence-electron chi connectivity index (χ0n) is 34.6. The van der Waals surface area contributed by atoms with E-state index in [9.17, 15) is 40.5 Å².